The van der Waals surface area contributed by atoms with E-state index in [0.29, 0.717) is 0 Å². The van der Waals surface area contributed by atoms with E-state index in [-0.39, 0.29) is 0 Å². The molecule has 0 heterocycles. The summed E-state index contributed by atoms with van der Waals surface area (Å²) in [6, 6.07) is 0. The Kier molecular flexibility index (Phi) is 2.55. The summed E-state index contributed by atoms with van der Waals surface area (Å²) in [4.78, 5) is 20.6. The van der Waals surface area contributed by atoms with Gasteiger partial charge in [-0.2, -0.15) is 0 Å². The topological polar surface area (TPSA) is 127 Å². The van der Waals surface area contributed by atoms with Crippen LogP contribution in [0.4, 0.5) is 0 Å². The number of hydrogen-bond donors (Lipinski definition) is 4. The summed E-state index contributed by atoms with van der Waals surface area (Å²) in [6.45, 7) is 0.908. The van der Waals surface area contributed by atoms with E-state index in [9.17, 15) is 9.59 Å². The molecular formula is C5H10N2O4. The van der Waals surface area contributed by atoms with E-state index < -0.39 is 23.5 Å². The van der Waals surface area contributed by atoms with E-state index >= 15 is 0 Å². The molecule has 2 unspecified atom stereocenters. The Bertz CT molecular complexity index is 189. The Labute approximate surface area is 62.8 Å². The third-order valence-electron chi connectivity index (χ3n) is 1.30. The third kappa shape index (κ3) is 1.89. The van der Waals surface area contributed by atoms with Gasteiger partial charge < -0.3 is 21.7 Å². The van der Waals surface area contributed by atoms with E-state index in [1.54, 1.807) is 0 Å². The number of hydrogen-bond acceptors (Lipinski definition) is 4. The Morgan fingerprint density at radius 3 is 1.91 bits per heavy atom. The van der Waals surface area contributed by atoms with Gasteiger partial charge in [0.15, 0.2) is 11.7 Å². The molecule has 6 heteroatoms. The van der Waals surface area contributed by atoms with Crippen LogP contribution in [0.2, 0.25) is 0 Å². The lowest BCUT2D eigenvalue weighted by Crippen LogP contribution is -2.55. The van der Waals surface area contributed by atoms with Gasteiger partial charge in [0.25, 0.3) is 5.91 Å². The lowest BCUT2D eigenvalue weighted by molar-refractivity contribution is -0.155. The van der Waals surface area contributed by atoms with Gasteiger partial charge in [-0.1, -0.05) is 0 Å². The maximum atomic E-state index is 10.4. The van der Waals surface area contributed by atoms with Crippen molar-refractivity contribution in [2.75, 3.05) is 0 Å². The van der Waals surface area contributed by atoms with Crippen molar-refractivity contribution in [1.82, 2.24) is 0 Å². The molecule has 64 valence electrons. The highest BCUT2D eigenvalue weighted by Gasteiger charge is 2.40. The minimum absolute atomic E-state index is 0.908. The van der Waals surface area contributed by atoms with Crippen molar-refractivity contribution >= 4 is 11.8 Å². The van der Waals surface area contributed by atoms with Gasteiger partial charge in [0.1, 0.15) is 0 Å². The molecule has 11 heavy (non-hydrogen) atoms. The number of aliphatic hydroxyl groups excluding tert-OH is 1. The number of primary amides is 2. The molecule has 2 atom stereocenters. The second kappa shape index (κ2) is 2.85. The molecule has 0 aliphatic rings. The first-order chi connectivity index (χ1) is 4.80. The molecule has 0 aromatic carbocycles. The fraction of sp³-hybridized carbons (Fsp3) is 0.600. The molecule has 2 amide bonds. The summed E-state index contributed by atoms with van der Waals surface area (Å²) in [5.74, 6) is -2.40. The van der Waals surface area contributed by atoms with Crippen molar-refractivity contribution in [2.24, 2.45) is 11.5 Å². The number of amides is 2. The predicted molar refractivity (Wildman–Crippen MR) is 35.0 cm³/mol. The molecule has 0 fully saturated rings. The standard InChI is InChI=1S/C5H10N2O4/c1-5(11,4(7)10)2(8)3(6)9/h2,8,11H,1H3,(H2,6,9)(H2,7,10). The fourth-order valence-electron chi connectivity index (χ4n) is 0.412. The van der Waals surface area contributed by atoms with E-state index in [1.165, 1.54) is 0 Å². The highest BCUT2D eigenvalue weighted by molar-refractivity contribution is 5.92. The van der Waals surface area contributed by atoms with Gasteiger partial charge in [-0.05, 0) is 6.92 Å². The highest BCUT2D eigenvalue weighted by atomic mass is 16.4. The maximum absolute atomic E-state index is 10.4. The number of nitrogens with two attached hydrogens (primary N) is 2. The molecule has 0 aromatic heterocycles. The van der Waals surface area contributed by atoms with E-state index in [2.05, 4.69) is 11.5 Å². The van der Waals surface area contributed by atoms with Crippen molar-refractivity contribution < 1.29 is 19.8 Å². The largest absolute Gasteiger partial charge is 0.380 e. The zero-order chi connectivity index (χ0) is 9.23. The maximum Gasteiger partial charge on any atom is 0.252 e. The quantitative estimate of drug-likeness (QED) is 0.354. The van der Waals surface area contributed by atoms with Crippen LogP contribution in [0.3, 0.4) is 0 Å². The molecule has 6 N–H and O–H groups in total. The summed E-state index contributed by atoms with van der Waals surface area (Å²) in [5, 5.41) is 17.8. The van der Waals surface area contributed by atoms with Crippen LogP contribution in [0.15, 0.2) is 0 Å². The van der Waals surface area contributed by atoms with Crippen LogP contribution in [0, 0.1) is 0 Å². The van der Waals surface area contributed by atoms with Gasteiger partial charge in [0.05, 0.1) is 0 Å². The first-order valence-electron chi connectivity index (χ1n) is 2.79. The van der Waals surface area contributed by atoms with Gasteiger partial charge in [-0.25, -0.2) is 0 Å². The van der Waals surface area contributed by atoms with Gasteiger partial charge >= 0.3 is 0 Å². The molecule has 0 rings (SSSR count). The first-order valence-corrected chi connectivity index (χ1v) is 2.79. The fourth-order valence-corrected chi connectivity index (χ4v) is 0.412. The van der Waals surface area contributed by atoms with E-state index in [1.807, 2.05) is 0 Å². The van der Waals surface area contributed by atoms with Crippen LogP contribution in [-0.2, 0) is 9.59 Å². The average molecular weight is 162 g/mol. The number of carbonyl (C=O) groups excluding carboxylic acids is 2. The number of carbonyl (C=O) groups is 2. The van der Waals surface area contributed by atoms with E-state index in [0.717, 1.165) is 6.92 Å². The van der Waals surface area contributed by atoms with Crippen molar-refractivity contribution in [3.63, 3.8) is 0 Å². The molecule has 0 aromatic rings. The summed E-state index contributed by atoms with van der Waals surface area (Å²) >= 11 is 0. The SMILES string of the molecule is CC(O)(C(N)=O)C(O)C(N)=O. The van der Waals surface area contributed by atoms with Crippen molar-refractivity contribution in [2.45, 2.75) is 18.6 Å². The third-order valence-corrected chi connectivity index (χ3v) is 1.30. The van der Waals surface area contributed by atoms with Crippen LogP contribution in [0.1, 0.15) is 6.92 Å². The second-order valence-corrected chi connectivity index (χ2v) is 2.32. The smallest absolute Gasteiger partial charge is 0.252 e. The first kappa shape index (κ1) is 9.86. The van der Waals surface area contributed by atoms with Crippen molar-refractivity contribution in [1.29, 1.82) is 0 Å². The molecule has 0 bridgehead atoms. The van der Waals surface area contributed by atoms with Crippen molar-refractivity contribution in [3.8, 4) is 0 Å². The number of aliphatic hydroxyl groups is 2. The van der Waals surface area contributed by atoms with Crippen LogP contribution >= 0.6 is 0 Å². The second-order valence-electron chi connectivity index (χ2n) is 2.32. The van der Waals surface area contributed by atoms with E-state index in [4.69, 9.17) is 10.2 Å². The summed E-state index contributed by atoms with van der Waals surface area (Å²) in [6.07, 6.45) is -1.97. The Morgan fingerprint density at radius 2 is 1.82 bits per heavy atom. The Balaban J connectivity index is 4.55. The minimum atomic E-state index is -2.30. The van der Waals surface area contributed by atoms with Gasteiger partial charge in [0, 0.05) is 0 Å². The summed E-state index contributed by atoms with van der Waals surface area (Å²) < 4.78 is 0. The predicted octanol–water partition coefficient (Wildman–Crippen LogP) is -2.93. The van der Waals surface area contributed by atoms with Gasteiger partial charge in [0.2, 0.25) is 5.91 Å². The summed E-state index contributed by atoms with van der Waals surface area (Å²) in [7, 11) is 0. The Hall–Kier alpha value is -1.14. The Morgan fingerprint density at radius 1 is 1.45 bits per heavy atom. The minimum Gasteiger partial charge on any atom is -0.380 e. The normalized spacial score (nSPS) is 18.5. The molecule has 0 saturated carbocycles. The lowest BCUT2D eigenvalue weighted by Gasteiger charge is -2.22. The molecule has 0 radical (unpaired) electrons. The van der Waals surface area contributed by atoms with Gasteiger partial charge in [-0.15, -0.1) is 0 Å². The van der Waals surface area contributed by atoms with Crippen LogP contribution in [-0.4, -0.2) is 33.7 Å². The van der Waals surface area contributed by atoms with Crippen LogP contribution in [0.5, 0.6) is 0 Å². The molecular weight excluding hydrogens is 152 g/mol. The lowest BCUT2D eigenvalue weighted by atomic mass is 9.98. The number of rotatable bonds is 3. The van der Waals surface area contributed by atoms with Gasteiger partial charge in [-0.3, -0.25) is 9.59 Å². The molecule has 6 nitrogen and oxygen atoms in total. The van der Waals surface area contributed by atoms with Crippen molar-refractivity contribution in [3.05, 3.63) is 0 Å². The monoisotopic (exact) mass is 162 g/mol. The van der Waals surface area contributed by atoms with Crippen LogP contribution in [0.25, 0.3) is 0 Å². The summed E-state index contributed by atoms with van der Waals surface area (Å²) in [5.41, 5.74) is 6.96. The molecule has 0 saturated heterocycles. The molecule has 0 aliphatic carbocycles. The molecule has 0 aliphatic heterocycles. The average Bonchev–Trinajstić information content (AvgIpc) is 1.85. The zero-order valence-electron chi connectivity index (χ0n) is 5.94. The van der Waals surface area contributed by atoms with Crippen LogP contribution < -0.4 is 11.5 Å². The molecule has 0 spiro atoms. The zero-order valence-corrected chi connectivity index (χ0v) is 5.94. The highest BCUT2D eigenvalue weighted by Crippen LogP contribution is 2.07.